The van der Waals surface area contributed by atoms with Gasteiger partial charge in [0.15, 0.2) is 0 Å². The summed E-state index contributed by atoms with van der Waals surface area (Å²) in [6.45, 7) is 2.89. The van der Waals surface area contributed by atoms with Gasteiger partial charge in [0.2, 0.25) is 0 Å². The van der Waals surface area contributed by atoms with Gasteiger partial charge in [0.25, 0.3) is 5.91 Å². The van der Waals surface area contributed by atoms with Crippen LogP contribution < -0.4 is 5.32 Å². The highest BCUT2D eigenvalue weighted by atomic mass is 16.4. The largest absolute Gasteiger partial charge is 0.478 e. The van der Waals surface area contributed by atoms with Crippen LogP contribution in [-0.4, -0.2) is 17.0 Å². The number of hydrogen-bond donors (Lipinski definition) is 2. The van der Waals surface area contributed by atoms with Crippen LogP contribution in [0, 0.1) is 0 Å². The molecule has 1 amide bonds. The molecular formula is C12H13NO3. The van der Waals surface area contributed by atoms with E-state index in [2.05, 4.69) is 5.32 Å². The first-order chi connectivity index (χ1) is 7.52. The van der Waals surface area contributed by atoms with Gasteiger partial charge in [-0.2, -0.15) is 0 Å². The number of carboxylic acids is 1. The number of rotatable bonds is 3. The SMILES string of the molecule is C/C(C(=O)O)=C(/C)C(=O)Nc1ccccc1. The zero-order valence-electron chi connectivity index (χ0n) is 9.15. The average Bonchev–Trinajstić information content (AvgIpc) is 2.28. The van der Waals surface area contributed by atoms with Gasteiger partial charge >= 0.3 is 5.97 Å². The molecule has 1 aromatic rings. The molecule has 0 aromatic heterocycles. The van der Waals surface area contributed by atoms with Crippen molar-refractivity contribution in [3.05, 3.63) is 41.5 Å². The Bertz CT molecular complexity index is 435. The van der Waals surface area contributed by atoms with Gasteiger partial charge in [-0.05, 0) is 26.0 Å². The van der Waals surface area contributed by atoms with Gasteiger partial charge in [0, 0.05) is 16.8 Å². The fraction of sp³-hybridized carbons (Fsp3) is 0.167. The molecule has 4 heteroatoms. The van der Waals surface area contributed by atoms with E-state index in [1.54, 1.807) is 24.3 Å². The zero-order valence-corrected chi connectivity index (χ0v) is 9.15. The van der Waals surface area contributed by atoms with E-state index in [4.69, 9.17) is 5.11 Å². The van der Waals surface area contributed by atoms with Gasteiger partial charge in [0.1, 0.15) is 0 Å². The maximum atomic E-state index is 11.6. The van der Waals surface area contributed by atoms with Gasteiger partial charge in [-0.1, -0.05) is 18.2 Å². The van der Waals surface area contributed by atoms with Crippen LogP contribution in [0.3, 0.4) is 0 Å². The molecule has 0 saturated carbocycles. The monoisotopic (exact) mass is 219 g/mol. The van der Waals surface area contributed by atoms with Crippen molar-refractivity contribution in [3.63, 3.8) is 0 Å². The van der Waals surface area contributed by atoms with E-state index < -0.39 is 11.9 Å². The van der Waals surface area contributed by atoms with Gasteiger partial charge in [0.05, 0.1) is 0 Å². The number of anilines is 1. The van der Waals surface area contributed by atoms with Crippen molar-refractivity contribution in [2.24, 2.45) is 0 Å². The molecule has 1 rings (SSSR count). The van der Waals surface area contributed by atoms with Crippen molar-refractivity contribution in [1.29, 1.82) is 0 Å². The minimum atomic E-state index is -1.08. The molecular weight excluding hydrogens is 206 g/mol. The van der Waals surface area contributed by atoms with Crippen LogP contribution in [0.15, 0.2) is 41.5 Å². The highest BCUT2D eigenvalue weighted by Gasteiger charge is 2.12. The number of para-hydroxylation sites is 1. The molecule has 0 saturated heterocycles. The van der Waals surface area contributed by atoms with E-state index in [1.165, 1.54) is 13.8 Å². The smallest absolute Gasteiger partial charge is 0.331 e. The maximum absolute atomic E-state index is 11.6. The Kier molecular flexibility index (Phi) is 3.83. The van der Waals surface area contributed by atoms with E-state index in [9.17, 15) is 9.59 Å². The van der Waals surface area contributed by atoms with E-state index in [0.29, 0.717) is 5.69 Å². The Hall–Kier alpha value is -2.10. The van der Waals surface area contributed by atoms with Crippen molar-refractivity contribution in [2.45, 2.75) is 13.8 Å². The first kappa shape index (κ1) is 12.0. The summed E-state index contributed by atoms with van der Waals surface area (Å²) in [4.78, 5) is 22.3. The second kappa shape index (κ2) is 5.11. The predicted octanol–water partition coefficient (Wildman–Crippen LogP) is 2.05. The number of amides is 1. The Balaban J connectivity index is 2.82. The Labute approximate surface area is 93.6 Å². The van der Waals surface area contributed by atoms with Crippen LogP contribution in [0.1, 0.15) is 13.8 Å². The van der Waals surface area contributed by atoms with Crippen LogP contribution in [0.2, 0.25) is 0 Å². The van der Waals surface area contributed by atoms with Crippen LogP contribution >= 0.6 is 0 Å². The molecule has 2 N–H and O–H groups in total. The van der Waals surface area contributed by atoms with Crippen LogP contribution in [0.5, 0.6) is 0 Å². The van der Waals surface area contributed by atoms with E-state index in [1.807, 2.05) is 6.07 Å². The lowest BCUT2D eigenvalue weighted by Crippen LogP contribution is -2.16. The van der Waals surface area contributed by atoms with E-state index in [0.717, 1.165) is 0 Å². The third kappa shape index (κ3) is 2.95. The van der Waals surface area contributed by atoms with Crippen molar-refractivity contribution in [1.82, 2.24) is 0 Å². The molecule has 0 heterocycles. The quantitative estimate of drug-likeness (QED) is 0.764. The summed E-state index contributed by atoms with van der Waals surface area (Å²) in [5, 5.41) is 11.3. The van der Waals surface area contributed by atoms with Crippen LogP contribution in [0.25, 0.3) is 0 Å². The maximum Gasteiger partial charge on any atom is 0.331 e. The molecule has 84 valence electrons. The molecule has 0 aliphatic carbocycles. The summed E-state index contributed by atoms with van der Waals surface area (Å²) >= 11 is 0. The summed E-state index contributed by atoms with van der Waals surface area (Å²) in [7, 11) is 0. The number of carboxylic acid groups (broad SMARTS) is 1. The van der Waals surface area contributed by atoms with Gasteiger partial charge < -0.3 is 10.4 Å². The zero-order chi connectivity index (χ0) is 12.1. The molecule has 4 nitrogen and oxygen atoms in total. The number of hydrogen-bond acceptors (Lipinski definition) is 2. The van der Waals surface area contributed by atoms with Gasteiger partial charge in [-0.3, -0.25) is 4.79 Å². The van der Waals surface area contributed by atoms with Crippen molar-refractivity contribution < 1.29 is 14.7 Å². The molecule has 1 aromatic carbocycles. The number of aliphatic carboxylic acids is 1. The van der Waals surface area contributed by atoms with Gasteiger partial charge in [-0.15, -0.1) is 0 Å². The molecule has 0 spiro atoms. The number of nitrogens with one attached hydrogen (secondary N) is 1. The Morgan fingerprint density at radius 1 is 1.06 bits per heavy atom. The molecule has 16 heavy (non-hydrogen) atoms. The van der Waals surface area contributed by atoms with Gasteiger partial charge in [-0.25, -0.2) is 4.79 Å². The summed E-state index contributed by atoms with van der Waals surface area (Å²) in [5.41, 5.74) is 0.898. The van der Waals surface area contributed by atoms with Crippen molar-refractivity contribution in [2.75, 3.05) is 5.32 Å². The second-order valence-electron chi connectivity index (χ2n) is 3.38. The molecule has 0 atom stereocenters. The fourth-order valence-corrected chi connectivity index (χ4v) is 1.08. The third-order valence-corrected chi connectivity index (χ3v) is 2.26. The lowest BCUT2D eigenvalue weighted by atomic mass is 10.1. The first-order valence-corrected chi connectivity index (χ1v) is 4.79. The minimum Gasteiger partial charge on any atom is -0.478 e. The molecule has 0 aliphatic heterocycles. The summed E-state index contributed by atoms with van der Waals surface area (Å²) in [6.07, 6.45) is 0. The van der Waals surface area contributed by atoms with E-state index >= 15 is 0 Å². The second-order valence-corrected chi connectivity index (χ2v) is 3.38. The Morgan fingerprint density at radius 3 is 2.12 bits per heavy atom. The van der Waals surface area contributed by atoms with Crippen LogP contribution in [0.4, 0.5) is 5.69 Å². The normalized spacial score (nSPS) is 11.6. The summed E-state index contributed by atoms with van der Waals surface area (Å²) in [6, 6.07) is 8.89. The van der Waals surface area contributed by atoms with Crippen molar-refractivity contribution >= 4 is 17.6 Å². The highest BCUT2D eigenvalue weighted by molar-refractivity contribution is 6.08. The molecule has 0 unspecified atom stereocenters. The topological polar surface area (TPSA) is 66.4 Å². The average molecular weight is 219 g/mol. The minimum absolute atomic E-state index is 0.0495. The number of carbonyl (C=O) groups excluding carboxylic acids is 1. The summed E-state index contributed by atoms with van der Waals surface area (Å²) in [5.74, 6) is -1.48. The lowest BCUT2D eigenvalue weighted by molar-refractivity contribution is -0.133. The Morgan fingerprint density at radius 2 is 1.62 bits per heavy atom. The number of carbonyl (C=O) groups is 2. The van der Waals surface area contributed by atoms with Crippen LogP contribution in [-0.2, 0) is 9.59 Å². The fourth-order valence-electron chi connectivity index (χ4n) is 1.08. The van der Waals surface area contributed by atoms with E-state index in [-0.39, 0.29) is 11.1 Å². The standard InChI is InChI=1S/C12H13NO3/c1-8(9(2)12(15)16)11(14)13-10-6-4-3-5-7-10/h3-7H,1-2H3,(H,13,14)(H,15,16)/b9-8+. The first-order valence-electron chi connectivity index (χ1n) is 4.79. The summed E-state index contributed by atoms with van der Waals surface area (Å²) < 4.78 is 0. The van der Waals surface area contributed by atoms with Crippen molar-refractivity contribution in [3.8, 4) is 0 Å². The third-order valence-electron chi connectivity index (χ3n) is 2.26. The predicted molar refractivity (Wildman–Crippen MR) is 61.1 cm³/mol. The molecule has 0 radical (unpaired) electrons. The highest BCUT2D eigenvalue weighted by Crippen LogP contribution is 2.10. The number of benzene rings is 1. The molecule has 0 aliphatic rings. The lowest BCUT2D eigenvalue weighted by Gasteiger charge is -2.06. The molecule has 0 bridgehead atoms. The molecule has 0 fully saturated rings.